The Morgan fingerprint density at radius 1 is 1.45 bits per heavy atom. The van der Waals surface area contributed by atoms with Gasteiger partial charge in [0.05, 0.1) is 4.88 Å². The molecule has 2 aromatic heterocycles. The highest BCUT2D eigenvalue weighted by Crippen LogP contribution is 2.21. The van der Waals surface area contributed by atoms with Gasteiger partial charge < -0.3 is 14.9 Å². The summed E-state index contributed by atoms with van der Waals surface area (Å²) in [6, 6.07) is 3.81. The number of amides is 1. The Labute approximate surface area is 118 Å². The van der Waals surface area contributed by atoms with E-state index >= 15 is 0 Å². The summed E-state index contributed by atoms with van der Waals surface area (Å²) in [5.41, 5.74) is 0. The molecule has 0 fully saturated rings. The second-order valence-corrected chi connectivity index (χ2v) is 4.96. The summed E-state index contributed by atoms with van der Waals surface area (Å²) in [4.78, 5) is 26.7. The van der Waals surface area contributed by atoms with E-state index in [2.05, 4.69) is 15.5 Å². The molecular weight excluding hydrogens is 282 g/mol. The van der Waals surface area contributed by atoms with Crippen molar-refractivity contribution in [2.24, 2.45) is 0 Å². The van der Waals surface area contributed by atoms with Crippen molar-refractivity contribution in [1.82, 2.24) is 15.5 Å². The highest BCUT2D eigenvalue weighted by Gasteiger charge is 2.10. The molecule has 0 aliphatic rings. The van der Waals surface area contributed by atoms with Gasteiger partial charge >= 0.3 is 5.97 Å². The molecule has 0 atom stereocenters. The minimum atomic E-state index is -1.06. The fourth-order valence-corrected chi connectivity index (χ4v) is 2.17. The predicted octanol–water partition coefficient (Wildman–Crippen LogP) is 1.32. The molecule has 0 radical (unpaired) electrons. The van der Waals surface area contributed by atoms with Gasteiger partial charge in [0.2, 0.25) is 17.6 Å². The molecule has 2 N–H and O–H groups in total. The molecule has 2 rings (SSSR count). The van der Waals surface area contributed by atoms with Crippen LogP contribution < -0.4 is 5.32 Å². The Hall–Kier alpha value is -2.22. The summed E-state index contributed by atoms with van der Waals surface area (Å²) in [6.45, 7) is -0.359. The van der Waals surface area contributed by atoms with Crippen molar-refractivity contribution >= 4 is 23.2 Å². The molecule has 20 heavy (non-hydrogen) atoms. The average molecular weight is 295 g/mol. The van der Waals surface area contributed by atoms with Crippen LogP contribution in [0.3, 0.4) is 0 Å². The number of hydrogen-bond acceptors (Lipinski definition) is 6. The highest BCUT2D eigenvalue weighted by atomic mass is 32.1. The fraction of sp³-hybridized carbons (Fsp3) is 0.333. The topological polar surface area (TPSA) is 105 Å². The summed E-state index contributed by atoms with van der Waals surface area (Å²) in [5.74, 6) is -0.342. The van der Waals surface area contributed by atoms with Gasteiger partial charge in [-0.3, -0.25) is 9.59 Å². The van der Waals surface area contributed by atoms with Crippen LogP contribution in [0.2, 0.25) is 0 Å². The van der Waals surface area contributed by atoms with E-state index in [0.717, 1.165) is 4.88 Å². The number of hydrogen-bond donors (Lipinski definition) is 2. The minimum Gasteiger partial charge on any atom is -0.480 e. The maximum atomic E-state index is 11.3. The largest absolute Gasteiger partial charge is 0.480 e. The fourth-order valence-electron chi connectivity index (χ4n) is 1.53. The van der Waals surface area contributed by atoms with Crippen molar-refractivity contribution in [1.29, 1.82) is 0 Å². The molecule has 0 saturated carbocycles. The number of aliphatic carboxylic acids is 1. The van der Waals surface area contributed by atoms with E-state index in [9.17, 15) is 9.59 Å². The first-order valence-corrected chi connectivity index (χ1v) is 6.88. The van der Waals surface area contributed by atoms with E-state index in [1.54, 1.807) is 0 Å². The molecule has 2 heterocycles. The molecule has 0 bridgehead atoms. The van der Waals surface area contributed by atoms with Crippen LogP contribution in [0.4, 0.5) is 0 Å². The van der Waals surface area contributed by atoms with Crippen molar-refractivity contribution in [2.45, 2.75) is 19.3 Å². The van der Waals surface area contributed by atoms with Crippen molar-refractivity contribution < 1.29 is 19.2 Å². The predicted molar refractivity (Wildman–Crippen MR) is 71.2 cm³/mol. The van der Waals surface area contributed by atoms with Gasteiger partial charge in [0.15, 0.2) is 0 Å². The first kappa shape index (κ1) is 14.2. The Balaban J connectivity index is 1.75. The number of aryl methyl sites for hydroxylation is 1. The maximum Gasteiger partial charge on any atom is 0.322 e. The summed E-state index contributed by atoms with van der Waals surface area (Å²) < 4.78 is 5.09. The first-order chi connectivity index (χ1) is 9.65. The van der Waals surface area contributed by atoms with Gasteiger partial charge in [-0.25, -0.2) is 0 Å². The van der Waals surface area contributed by atoms with Gasteiger partial charge in [-0.05, 0) is 17.9 Å². The molecule has 2 aromatic rings. The molecule has 0 saturated heterocycles. The van der Waals surface area contributed by atoms with Crippen LogP contribution in [0.15, 0.2) is 22.0 Å². The molecule has 0 unspecified atom stereocenters. The Kier molecular flexibility index (Phi) is 4.83. The summed E-state index contributed by atoms with van der Waals surface area (Å²) >= 11 is 1.52. The number of thiophene rings is 1. The van der Waals surface area contributed by atoms with Crippen LogP contribution >= 0.6 is 11.3 Å². The van der Waals surface area contributed by atoms with Gasteiger partial charge in [-0.15, -0.1) is 11.3 Å². The average Bonchev–Trinajstić information content (AvgIpc) is 3.06. The highest BCUT2D eigenvalue weighted by molar-refractivity contribution is 7.13. The van der Waals surface area contributed by atoms with Crippen molar-refractivity contribution in [2.75, 3.05) is 6.54 Å². The molecule has 7 nitrogen and oxygen atoms in total. The van der Waals surface area contributed by atoms with Crippen molar-refractivity contribution in [3.05, 3.63) is 23.4 Å². The Morgan fingerprint density at radius 2 is 2.30 bits per heavy atom. The first-order valence-electron chi connectivity index (χ1n) is 6.00. The second-order valence-electron chi connectivity index (χ2n) is 4.01. The molecule has 0 spiro atoms. The van der Waals surface area contributed by atoms with Gasteiger partial charge in [0.1, 0.15) is 6.54 Å². The van der Waals surface area contributed by atoms with Gasteiger partial charge in [0, 0.05) is 12.8 Å². The van der Waals surface area contributed by atoms with E-state index in [1.165, 1.54) is 11.3 Å². The number of carboxylic acid groups (broad SMARTS) is 1. The van der Waals surface area contributed by atoms with E-state index in [1.807, 2.05) is 17.5 Å². The lowest BCUT2D eigenvalue weighted by Crippen LogP contribution is -2.28. The number of carbonyl (C=O) groups is 2. The standard InChI is InChI=1S/C12H13N3O4S/c16-9(13-7-11(17)18)4-1-5-10-14-12(15-19-10)8-3-2-6-20-8/h2-3,6H,1,4-5,7H2,(H,13,16)(H,17,18). The maximum absolute atomic E-state index is 11.3. The van der Waals surface area contributed by atoms with Gasteiger partial charge in [-0.2, -0.15) is 4.98 Å². The zero-order valence-corrected chi connectivity index (χ0v) is 11.4. The molecule has 0 aliphatic carbocycles. The Morgan fingerprint density at radius 3 is 3.00 bits per heavy atom. The smallest absolute Gasteiger partial charge is 0.322 e. The molecule has 1 amide bonds. The zero-order valence-electron chi connectivity index (χ0n) is 10.5. The summed E-state index contributed by atoms with van der Waals surface area (Å²) in [5, 5.41) is 16.5. The van der Waals surface area contributed by atoms with E-state index in [0.29, 0.717) is 24.6 Å². The van der Waals surface area contributed by atoms with Gasteiger partial charge in [-0.1, -0.05) is 11.2 Å². The number of carboxylic acids is 1. The van der Waals surface area contributed by atoms with E-state index < -0.39 is 5.97 Å². The molecule has 0 aliphatic heterocycles. The number of nitrogens with zero attached hydrogens (tertiary/aromatic N) is 2. The SMILES string of the molecule is O=C(O)CNC(=O)CCCc1nc(-c2cccs2)no1. The lowest BCUT2D eigenvalue weighted by Gasteiger charge is -2.00. The molecule has 0 aromatic carbocycles. The number of carbonyl (C=O) groups excluding carboxylic acids is 1. The van der Waals surface area contributed by atoms with Crippen LogP contribution in [0, 0.1) is 0 Å². The summed E-state index contributed by atoms with van der Waals surface area (Å²) in [7, 11) is 0. The molecule has 106 valence electrons. The Bertz CT molecular complexity index is 579. The third-order valence-corrected chi connectivity index (χ3v) is 3.31. The normalized spacial score (nSPS) is 10.4. The van der Waals surface area contributed by atoms with E-state index in [-0.39, 0.29) is 18.9 Å². The van der Waals surface area contributed by atoms with Crippen molar-refractivity contribution in [3.63, 3.8) is 0 Å². The van der Waals surface area contributed by atoms with Crippen LogP contribution in [0.1, 0.15) is 18.7 Å². The zero-order chi connectivity index (χ0) is 14.4. The monoisotopic (exact) mass is 295 g/mol. The third kappa shape index (κ3) is 4.16. The lowest BCUT2D eigenvalue weighted by atomic mass is 10.2. The minimum absolute atomic E-state index is 0.226. The quantitative estimate of drug-likeness (QED) is 0.798. The van der Waals surface area contributed by atoms with Gasteiger partial charge in [0.25, 0.3) is 0 Å². The lowest BCUT2D eigenvalue weighted by molar-refractivity contribution is -0.137. The van der Waals surface area contributed by atoms with E-state index in [4.69, 9.17) is 9.63 Å². The van der Waals surface area contributed by atoms with Crippen molar-refractivity contribution in [3.8, 4) is 10.7 Å². The summed E-state index contributed by atoms with van der Waals surface area (Å²) in [6.07, 6.45) is 1.24. The number of nitrogens with one attached hydrogen (secondary N) is 1. The van der Waals surface area contributed by atoms with Crippen LogP contribution in [-0.4, -0.2) is 33.7 Å². The second kappa shape index (κ2) is 6.80. The molecule has 8 heteroatoms. The third-order valence-electron chi connectivity index (χ3n) is 2.44. The van der Waals surface area contributed by atoms with Crippen LogP contribution in [0.5, 0.6) is 0 Å². The number of rotatable bonds is 7. The molecular formula is C12H13N3O4S. The number of aromatic nitrogens is 2. The van der Waals surface area contributed by atoms with Crippen LogP contribution in [0.25, 0.3) is 10.7 Å². The van der Waals surface area contributed by atoms with Crippen LogP contribution in [-0.2, 0) is 16.0 Å².